The predicted octanol–water partition coefficient (Wildman–Crippen LogP) is 0.967. The van der Waals surface area contributed by atoms with E-state index < -0.39 is 23.6 Å². The van der Waals surface area contributed by atoms with Crippen molar-refractivity contribution in [1.29, 1.82) is 0 Å². The number of halogens is 2. The summed E-state index contributed by atoms with van der Waals surface area (Å²) in [5.74, 6) is -2.15. The molecule has 0 spiro atoms. The predicted molar refractivity (Wildman–Crippen MR) is 55.2 cm³/mol. The number of ether oxygens (including phenoxy) is 1. The maximum atomic E-state index is 12.9. The average Bonchev–Trinajstić information content (AvgIpc) is 2.28. The lowest BCUT2D eigenvalue weighted by molar-refractivity contribution is -0.139. The van der Waals surface area contributed by atoms with E-state index in [9.17, 15) is 18.4 Å². The molecular weight excluding hydrogens is 232 g/mol. The molecule has 0 saturated carbocycles. The van der Waals surface area contributed by atoms with Crippen LogP contribution in [0, 0.1) is 11.6 Å². The van der Waals surface area contributed by atoms with Gasteiger partial charge in [-0.15, -0.1) is 0 Å². The van der Waals surface area contributed by atoms with Crippen molar-refractivity contribution in [3.63, 3.8) is 0 Å². The fourth-order valence-corrected chi connectivity index (χ4v) is 1.26. The lowest BCUT2D eigenvalue weighted by Crippen LogP contribution is -2.29. The molecule has 17 heavy (non-hydrogen) atoms. The topological polar surface area (TPSA) is 55.4 Å². The summed E-state index contributed by atoms with van der Waals surface area (Å²) in [4.78, 5) is 21.6. The lowest BCUT2D eigenvalue weighted by atomic mass is 10.1. The second kappa shape index (κ2) is 6.05. The number of carbonyl (C=O) groups is 2. The van der Waals surface area contributed by atoms with Gasteiger partial charge in [0.05, 0.1) is 19.7 Å². The minimum Gasteiger partial charge on any atom is -0.468 e. The molecule has 0 heterocycles. The van der Waals surface area contributed by atoms with E-state index in [4.69, 9.17) is 0 Å². The molecule has 0 saturated heterocycles. The van der Waals surface area contributed by atoms with Crippen molar-refractivity contribution in [2.75, 3.05) is 13.7 Å². The third-order valence-electron chi connectivity index (χ3n) is 2.07. The standard InChI is InChI=1S/C11H11F2NO3/c1-17-11(16)5-14-10(6-15)7-2-8(12)4-9(13)3-7/h2-4,6,10,14H,5H2,1H3. The summed E-state index contributed by atoms with van der Waals surface area (Å²) in [5, 5.41) is 2.51. The first-order valence-corrected chi connectivity index (χ1v) is 4.78. The quantitative estimate of drug-likeness (QED) is 0.618. The molecule has 0 bridgehead atoms. The van der Waals surface area contributed by atoms with Crippen LogP contribution in [0.1, 0.15) is 11.6 Å². The second-order valence-electron chi connectivity index (χ2n) is 3.27. The van der Waals surface area contributed by atoms with Crippen LogP contribution in [0.15, 0.2) is 18.2 Å². The number of esters is 1. The summed E-state index contributed by atoms with van der Waals surface area (Å²) in [7, 11) is 1.20. The number of hydrogen-bond donors (Lipinski definition) is 1. The number of carbonyl (C=O) groups excluding carboxylic acids is 2. The van der Waals surface area contributed by atoms with Gasteiger partial charge in [-0.25, -0.2) is 8.78 Å². The Labute approximate surface area is 96.6 Å². The van der Waals surface area contributed by atoms with Crippen LogP contribution in [0.5, 0.6) is 0 Å². The third kappa shape index (κ3) is 3.92. The average molecular weight is 243 g/mol. The van der Waals surface area contributed by atoms with Crippen molar-refractivity contribution in [3.8, 4) is 0 Å². The van der Waals surface area contributed by atoms with E-state index in [0.29, 0.717) is 12.4 Å². The van der Waals surface area contributed by atoms with Crippen LogP contribution in [-0.4, -0.2) is 25.9 Å². The van der Waals surface area contributed by atoms with Crippen molar-refractivity contribution in [2.45, 2.75) is 6.04 Å². The van der Waals surface area contributed by atoms with Gasteiger partial charge in [0.1, 0.15) is 17.9 Å². The SMILES string of the molecule is COC(=O)CNC(C=O)c1cc(F)cc(F)c1. The highest BCUT2D eigenvalue weighted by Gasteiger charge is 2.13. The minimum atomic E-state index is -0.959. The Hall–Kier alpha value is -1.82. The summed E-state index contributed by atoms with van der Waals surface area (Å²) >= 11 is 0. The first-order valence-electron chi connectivity index (χ1n) is 4.78. The number of methoxy groups -OCH3 is 1. The van der Waals surface area contributed by atoms with Gasteiger partial charge in [0, 0.05) is 6.07 Å². The van der Waals surface area contributed by atoms with Crippen LogP contribution < -0.4 is 5.32 Å². The Bertz CT molecular complexity index is 403. The van der Waals surface area contributed by atoms with Crippen LogP contribution in [0.2, 0.25) is 0 Å². The molecule has 0 aliphatic carbocycles. The highest BCUT2D eigenvalue weighted by atomic mass is 19.1. The second-order valence-corrected chi connectivity index (χ2v) is 3.27. The van der Waals surface area contributed by atoms with Gasteiger partial charge >= 0.3 is 5.97 Å². The number of benzene rings is 1. The molecule has 1 aromatic carbocycles. The van der Waals surface area contributed by atoms with Crippen LogP contribution >= 0.6 is 0 Å². The molecule has 1 aromatic rings. The minimum absolute atomic E-state index is 0.112. The van der Waals surface area contributed by atoms with Crippen LogP contribution in [-0.2, 0) is 14.3 Å². The molecule has 1 rings (SSSR count). The molecule has 0 amide bonds. The Balaban J connectivity index is 2.79. The number of aldehydes is 1. The number of rotatable bonds is 5. The van der Waals surface area contributed by atoms with Gasteiger partial charge in [-0.2, -0.15) is 0 Å². The van der Waals surface area contributed by atoms with Crippen molar-refractivity contribution in [1.82, 2.24) is 5.32 Å². The molecular formula is C11H11F2NO3. The molecule has 4 nitrogen and oxygen atoms in total. The van der Waals surface area contributed by atoms with E-state index >= 15 is 0 Å². The Morgan fingerprint density at radius 3 is 2.47 bits per heavy atom. The summed E-state index contributed by atoms with van der Waals surface area (Å²) in [6.45, 7) is -0.224. The third-order valence-corrected chi connectivity index (χ3v) is 2.07. The van der Waals surface area contributed by atoms with E-state index in [1.165, 1.54) is 7.11 Å². The molecule has 0 aliphatic heterocycles. The number of hydrogen-bond acceptors (Lipinski definition) is 4. The highest BCUT2D eigenvalue weighted by molar-refractivity contribution is 5.72. The normalized spacial score (nSPS) is 11.9. The van der Waals surface area contributed by atoms with Crippen LogP contribution in [0.3, 0.4) is 0 Å². The van der Waals surface area contributed by atoms with Gasteiger partial charge in [0.25, 0.3) is 0 Å². The van der Waals surface area contributed by atoms with Gasteiger partial charge in [-0.3, -0.25) is 10.1 Å². The molecule has 0 radical (unpaired) electrons. The van der Waals surface area contributed by atoms with Gasteiger partial charge in [-0.1, -0.05) is 0 Å². The Kier molecular flexibility index (Phi) is 4.71. The molecule has 92 valence electrons. The summed E-state index contributed by atoms with van der Waals surface area (Å²) < 4.78 is 30.2. The zero-order valence-corrected chi connectivity index (χ0v) is 9.07. The first kappa shape index (κ1) is 13.2. The van der Waals surface area contributed by atoms with Gasteiger partial charge in [0.15, 0.2) is 0 Å². The smallest absolute Gasteiger partial charge is 0.319 e. The van der Waals surface area contributed by atoms with Crippen LogP contribution in [0.4, 0.5) is 8.78 Å². The molecule has 6 heteroatoms. The zero-order valence-electron chi connectivity index (χ0n) is 9.07. The van der Waals surface area contributed by atoms with Gasteiger partial charge in [0.2, 0.25) is 0 Å². The Morgan fingerprint density at radius 1 is 1.41 bits per heavy atom. The highest BCUT2D eigenvalue weighted by Crippen LogP contribution is 2.14. The monoisotopic (exact) mass is 243 g/mol. The van der Waals surface area contributed by atoms with Crippen molar-refractivity contribution in [3.05, 3.63) is 35.4 Å². The largest absolute Gasteiger partial charge is 0.468 e. The first-order chi connectivity index (χ1) is 8.06. The molecule has 0 aliphatic rings. The number of nitrogens with one attached hydrogen (secondary N) is 1. The molecule has 0 fully saturated rings. The lowest BCUT2D eigenvalue weighted by Gasteiger charge is -2.12. The van der Waals surface area contributed by atoms with Crippen molar-refractivity contribution >= 4 is 12.3 Å². The maximum absolute atomic E-state index is 12.9. The maximum Gasteiger partial charge on any atom is 0.319 e. The summed E-state index contributed by atoms with van der Waals surface area (Å²) in [6, 6.07) is 1.78. The van der Waals surface area contributed by atoms with Gasteiger partial charge < -0.3 is 9.53 Å². The van der Waals surface area contributed by atoms with Crippen molar-refractivity contribution < 1.29 is 23.1 Å². The van der Waals surface area contributed by atoms with E-state index in [1.54, 1.807) is 0 Å². The van der Waals surface area contributed by atoms with E-state index in [2.05, 4.69) is 10.1 Å². The van der Waals surface area contributed by atoms with E-state index in [1.807, 2.05) is 0 Å². The van der Waals surface area contributed by atoms with E-state index in [-0.39, 0.29) is 12.1 Å². The molecule has 1 unspecified atom stereocenters. The molecule has 1 atom stereocenters. The fourth-order valence-electron chi connectivity index (χ4n) is 1.26. The zero-order chi connectivity index (χ0) is 12.8. The molecule has 1 N–H and O–H groups in total. The summed E-state index contributed by atoms with van der Waals surface area (Å²) in [5.41, 5.74) is 0.112. The van der Waals surface area contributed by atoms with E-state index in [0.717, 1.165) is 12.1 Å². The Morgan fingerprint density at radius 2 is 2.00 bits per heavy atom. The van der Waals surface area contributed by atoms with Crippen LogP contribution in [0.25, 0.3) is 0 Å². The molecule has 0 aromatic heterocycles. The fraction of sp³-hybridized carbons (Fsp3) is 0.273. The van der Waals surface area contributed by atoms with Crippen molar-refractivity contribution in [2.24, 2.45) is 0 Å². The summed E-state index contributed by atoms with van der Waals surface area (Å²) in [6.07, 6.45) is 0.456. The van der Waals surface area contributed by atoms with Gasteiger partial charge in [-0.05, 0) is 17.7 Å².